The normalized spacial score (nSPS) is 12.5. The first-order valence-corrected chi connectivity index (χ1v) is 11.4. The number of aromatic nitrogens is 3. The molecule has 2 N–H and O–H groups in total. The number of carbonyl (C=O) groups is 1. The lowest BCUT2D eigenvalue weighted by atomic mass is 10.0. The molecule has 1 unspecified atom stereocenters. The van der Waals surface area contributed by atoms with Gasteiger partial charge >= 0.3 is 6.18 Å². The minimum absolute atomic E-state index is 0.0947. The van der Waals surface area contributed by atoms with Crippen LogP contribution in [0.4, 0.5) is 18.9 Å². The molecule has 9 heteroatoms. The molecule has 0 saturated heterocycles. The number of rotatable bonds is 5. The van der Waals surface area contributed by atoms with Crippen LogP contribution in [0.2, 0.25) is 0 Å². The second kappa shape index (κ2) is 9.51. The second-order valence-electron chi connectivity index (χ2n) is 8.54. The number of halogens is 3. The molecular formula is C28H21F3N4O2. The fraction of sp³-hybridized carbons (Fsp3) is 0.107. The number of anilines is 1. The number of hydrogen-bond donors (Lipinski definition) is 2. The van der Waals surface area contributed by atoms with Crippen molar-refractivity contribution in [3.8, 4) is 22.4 Å². The molecule has 0 radical (unpaired) electrons. The molecule has 0 aliphatic carbocycles. The smallest absolute Gasteiger partial charge is 0.389 e. The van der Waals surface area contributed by atoms with Crippen LogP contribution in [0.15, 0.2) is 91.3 Å². The Labute approximate surface area is 210 Å². The first-order valence-electron chi connectivity index (χ1n) is 11.4. The molecule has 3 aromatic carbocycles. The highest BCUT2D eigenvalue weighted by atomic mass is 19.4. The highest BCUT2D eigenvalue weighted by molar-refractivity contribution is 6.04. The summed E-state index contributed by atoms with van der Waals surface area (Å²) in [4.78, 5) is 17.2. The van der Waals surface area contributed by atoms with Crippen molar-refractivity contribution in [2.24, 2.45) is 0 Å². The van der Waals surface area contributed by atoms with Gasteiger partial charge < -0.3 is 10.4 Å². The average molecular weight is 502 g/mol. The van der Waals surface area contributed by atoms with Crippen molar-refractivity contribution >= 4 is 17.2 Å². The molecule has 1 amide bonds. The van der Waals surface area contributed by atoms with E-state index >= 15 is 0 Å². The van der Waals surface area contributed by atoms with Gasteiger partial charge in [0.25, 0.3) is 5.91 Å². The van der Waals surface area contributed by atoms with Crippen LogP contribution in [0.25, 0.3) is 28.0 Å². The maximum Gasteiger partial charge on any atom is 0.416 e. The van der Waals surface area contributed by atoms with E-state index in [1.807, 2.05) is 30.3 Å². The molecule has 2 aromatic heterocycles. The molecule has 0 fully saturated rings. The van der Waals surface area contributed by atoms with Gasteiger partial charge in [-0.25, -0.2) is 9.50 Å². The molecule has 6 nitrogen and oxygen atoms in total. The Morgan fingerprint density at radius 2 is 1.73 bits per heavy atom. The summed E-state index contributed by atoms with van der Waals surface area (Å²) in [6, 6.07) is 20.5. The lowest BCUT2D eigenvalue weighted by Gasteiger charge is -2.11. The summed E-state index contributed by atoms with van der Waals surface area (Å²) in [7, 11) is 0. The molecule has 0 aliphatic rings. The van der Waals surface area contributed by atoms with Crippen LogP contribution in [0.5, 0.6) is 0 Å². The number of nitrogens with zero attached hydrogens (tertiary/aromatic N) is 3. The standard InChI is InChI=1S/C28H21F3N4O2/c1-17(36)18-5-2-6-19(13-18)24-16-33-35-25(11-12-32-26(24)35)20-7-4-10-23(15-20)34-27(37)21-8-3-9-22(14-21)28(29,30)31/h2-17,36H,1H3,(H,34,37). The van der Waals surface area contributed by atoms with E-state index in [4.69, 9.17) is 0 Å². The van der Waals surface area contributed by atoms with E-state index in [2.05, 4.69) is 15.4 Å². The summed E-state index contributed by atoms with van der Waals surface area (Å²) < 4.78 is 40.8. The predicted molar refractivity (Wildman–Crippen MR) is 134 cm³/mol. The SMILES string of the molecule is CC(O)c1cccc(-c2cnn3c(-c4cccc(NC(=O)c5cccc(C(F)(F)F)c5)c4)ccnc23)c1. The average Bonchev–Trinajstić information content (AvgIpc) is 3.33. The van der Waals surface area contributed by atoms with Gasteiger partial charge in [0.15, 0.2) is 5.65 Å². The third kappa shape index (κ3) is 4.94. The molecule has 0 aliphatic heterocycles. The molecular weight excluding hydrogens is 481 g/mol. The highest BCUT2D eigenvalue weighted by Crippen LogP contribution is 2.31. The van der Waals surface area contributed by atoms with E-state index in [1.54, 1.807) is 48.1 Å². The highest BCUT2D eigenvalue weighted by Gasteiger charge is 2.30. The molecule has 5 aromatic rings. The van der Waals surface area contributed by atoms with E-state index in [-0.39, 0.29) is 5.56 Å². The fourth-order valence-corrected chi connectivity index (χ4v) is 4.08. The minimum atomic E-state index is -4.54. The number of carbonyl (C=O) groups excluding carboxylic acids is 1. The zero-order chi connectivity index (χ0) is 26.2. The Bertz CT molecular complexity index is 1610. The van der Waals surface area contributed by atoms with Crippen LogP contribution in [-0.2, 0) is 6.18 Å². The van der Waals surface area contributed by atoms with E-state index in [0.29, 0.717) is 17.0 Å². The number of benzene rings is 3. The minimum Gasteiger partial charge on any atom is -0.389 e. The Morgan fingerprint density at radius 1 is 0.973 bits per heavy atom. The van der Waals surface area contributed by atoms with Gasteiger partial charge in [-0.05, 0) is 60.5 Å². The maximum absolute atomic E-state index is 13.0. The molecule has 37 heavy (non-hydrogen) atoms. The van der Waals surface area contributed by atoms with Crippen molar-refractivity contribution in [2.75, 3.05) is 5.32 Å². The van der Waals surface area contributed by atoms with Crippen molar-refractivity contribution in [1.82, 2.24) is 14.6 Å². The quantitative estimate of drug-likeness (QED) is 0.292. The van der Waals surface area contributed by atoms with Crippen LogP contribution in [0, 0.1) is 0 Å². The lowest BCUT2D eigenvalue weighted by Crippen LogP contribution is -2.14. The lowest BCUT2D eigenvalue weighted by molar-refractivity contribution is -0.137. The molecule has 2 heterocycles. The molecule has 186 valence electrons. The van der Waals surface area contributed by atoms with E-state index in [0.717, 1.165) is 34.4 Å². The van der Waals surface area contributed by atoms with Gasteiger partial charge in [-0.2, -0.15) is 18.3 Å². The van der Waals surface area contributed by atoms with Crippen LogP contribution < -0.4 is 5.32 Å². The Morgan fingerprint density at radius 3 is 2.51 bits per heavy atom. The predicted octanol–water partition coefficient (Wildman–Crippen LogP) is 6.39. The van der Waals surface area contributed by atoms with Gasteiger partial charge in [-0.15, -0.1) is 0 Å². The summed E-state index contributed by atoms with van der Waals surface area (Å²) in [6.07, 6.45) is -1.79. The van der Waals surface area contributed by atoms with Crippen molar-refractivity contribution in [3.05, 3.63) is 108 Å². The Kier molecular flexibility index (Phi) is 6.22. The Hall–Kier alpha value is -4.50. The van der Waals surface area contributed by atoms with Crippen LogP contribution >= 0.6 is 0 Å². The van der Waals surface area contributed by atoms with Crippen molar-refractivity contribution in [3.63, 3.8) is 0 Å². The molecule has 0 saturated carbocycles. The van der Waals surface area contributed by atoms with E-state index < -0.39 is 23.8 Å². The van der Waals surface area contributed by atoms with Gasteiger partial charge in [0.05, 0.1) is 23.6 Å². The van der Waals surface area contributed by atoms with Gasteiger partial charge in [0.2, 0.25) is 0 Å². The summed E-state index contributed by atoms with van der Waals surface area (Å²) in [5.41, 5.74) is 3.90. The zero-order valence-corrected chi connectivity index (χ0v) is 19.6. The molecule has 0 spiro atoms. The number of aliphatic hydroxyl groups excluding tert-OH is 1. The number of fused-ring (bicyclic) bond motifs is 1. The van der Waals surface area contributed by atoms with Gasteiger partial charge in [0, 0.05) is 28.6 Å². The second-order valence-corrected chi connectivity index (χ2v) is 8.54. The summed E-state index contributed by atoms with van der Waals surface area (Å²) in [5, 5.41) is 17.1. The zero-order valence-electron chi connectivity index (χ0n) is 19.6. The Balaban J connectivity index is 1.46. The topological polar surface area (TPSA) is 79.5 Å². The number of nitrogens with one attached hydrogen (secondary N) is 1. The summed E-state index contributed by atoms with van der Waals surface area (Å²) >= 11 is 0. The summed E-state index contributed by atoms with van der Waals surface area (Å²) in [5.74, 6) is -0.650. The first-order chi connectivity index (χ1) is 17.7. The largest absolute Gasteiger partial charge is 0.416 e. The van der Waals surface area contributed by atoms with Crippen molar-refractivity contribution in [1.29, 1.82) is 0 Å². The summed E-state index contributed by atoms with van der Waals surface area (Å²) in [6.45, 7) is 1.70. The van der Waals surface area contributed by atoms with Crippen molar-refractivity contribution in [2.45, 2.75) is 19.2 Å². The number of alkyl halides is 3. The van der Waals surface area contributed by atoms with Crippen LogP contribution in [-0.4, -0.2) is 25.6 Å². The van der Waals surface area contributed by atoms with Gasteiger partial charge in [0.1, 0.15) is 0 Å². The van der Waals surface area contributed by atoms with Crippen molar-refractivity contribution < 1.29 is 23.1 Å². The third-order valence-electron chi connectivity index (χ3n) is 5.95. The number of amides is 1. The third-order valence-corrected chi connectivity index (χ3v) is 5.95. The maximum atomic E-state index is 13.0. The molecule has 0 bridgehead atoms. The van der Waals surface area contributed by atoms with E-state index in [1.165, 1.54) is 12.1 Å². The molecule has 5 rings (SSSR count). The van der Waals surface area contributed by atoms with Crippen LogP contribution in [0.3, 0.4) is 0 Å². The first kappa shape index (κ1) is 24.2. The number of hydrogen-bond acceptors (Lipinski definition) is 4. The number of aliphatic hydroxyl groups is 1. The van der Waals surface area contributed by atoms with Gasteiger partial charge in [-0.1, -0.05) is 36.4 Å². The fourth-order valence-electron chi connectivity index (χ4n) is 4.08. The van der Waals surface area contributed by atoms with Crippen LogP contribution in [0.1, 0.15) is 34.5 Å². The molecule has 1 atom stereocenters. The van der Waals surface area contributed by atoms with Gasteiger partial charge in [-0.3, -0.25) is 4.79 Å². The van der Waals surface area contributed by atoms with E-state index in [9.17, 15) is 23.1 Å². The monoisotopic (exact) mass is 502 g/mol.